The predicted molar refractivity (Wildman–Crippen MR) is 227 cm³/mol. The van der Waals surface area contributed by atoms with Crippen molar-refractivity contribution in [3.63, 3.8) is 0 Å². The summed E-state index contributed by atoms with van der Waals surface area (Å²) in [6, 6.07) is 5.94. The Balaban J connectivity index is 1.16. The van der Waals surface area contributed by atoms with Crippen LogP contribution in [-0.4, -0.2) is 136 Å². The minimum absolute atomic E-state index is 0.0193. The molecule has 364 valence electrons. The SMILES string of the molecule is C=CCCC(=O)N[C@@H](COc1cccc(Cl)c1)C(=O)O[C@H]1[C@@H](O)[C@H](n2cnc3c(N)ncnc32)O[C@@H]1COP(=O)(O)O[C@H]1[C@@H](OC2CCCO2)[C@H](n2ccc(N)nc2=O)O[C@@H]1COP(=O)(O)O. The number of hydrogen-bond acceptors (Lipinski definition) is 21. The first-order chi connectivity index (χ1) is 31.9. The van der Waals surface area contributed by atoms with Gasteiger partial charge in [0.05, 0.1) is 19.5 Å². The predicted octanol–water partition coefficient (Wildman–Crippen LogP) is 0.632. The Morgan fingerprint density at radius 1 is 1.03 bits per heavy atom. The molecule has 2 unspecified atom stereocenters. The van der Waals surface area contributed by atoms with Crippen LogP contribution >= 0.6 is 27.2 Å². The number of carbonyl (C=O) groups is 2. The lowest BCUT2D eigenvalue weighted by atomic mass is 10.1. The molecule has 1 aromatic carbocycles. The first-order valence-corrected chi connectivity index (χ1v) is 23.7. The summed E-state index contributed by atoms with van der Waals surface area (Å²) < 4.78 is 79.0. The number of aliphatic hydroxyl groups is 1. The van der Waals surface area contributed by atoms with Crippen molar-refractivity contribution in [2.75, 3.05) is 37.9 Å². The number of imidazole rings is 1. The van der Waals surface area contributed by atoms with Crippen LogP contribution in [0.25, 0.3) is 11.2 Å². The van der Waals surface area contributed by atoms with E-state index in [0.29, 0.717) is 17.9 Å². The lowest BCUT2D eigenvalue weighted by molar-refractivity contribution is -0.181. The number of halogens is 1. The molecule has 7 rings (SSSR count). The van der Waals surface area contributed by atoms with E-state index in [-0.39, 0.29) is 48.0 Å². The number of nitrogen functional groups attached to an aromatic ring is 2. The molecule has 3 saturated heterocycles. The van der Waals surface area contributed by atoms with Gasteiger partial charge in [-0.25, -0.2) is 33.7 Å². The third-order valence-electron chi connectivity index (χ3n) is 10.3. The topological polar surface area (TPSA) is 375 Å². The first-order valence-electron chi connectivity index (χ1n) is 20.3. The minimum atomic E-state index is -5.45. The number of carbonyl (C=O) groups excluding carboxylic acids is 2. The number of aliphatic hydroxyl groups excluding tert-OH is 1. The molecule has 6 heterocycles. The van der Waals surface area contributed by atoms with Crippen molar-refractivity contribution in [1.29, 1.82) is 0 Å². The van der Waals surface area contributed by atoms with Crippen LogP contribution in [0.5, 0.6) is 5.75 Å². The van der Waals surface area contributed by atoms with Gasteiger partial charge < -0.3 is 65.0 Å². The molecule has 3 aromatic heterocycles. The van der Waals surface area contributed by atoms with Gasteiger partial charge in [-0.2, -0.15) is 4.98 Å². The number of nitrogens with two attached hydrogens (primary N) is 2. The summed E-state index contributed by atoms with van der Waals surface area (Å²) in [7, 11) is -10.6. The highest BCUT2D eigenvalue weighted by molar-refractivity contribution is 7.47. The van der Waals surface area contributed by atoms with Crippen molar-refractivity contribution in [2.45, 2.75) is 87.1 Å². The second-order valence-electron chi connectivity index (χ2n) is 15.0. The van der Waals surface area contributed by atoms with Crippen molar-refractivity contribution in [2.24, 2.45) is 0 Å². The maximum atomic E-state index is 14.0. The van der Waals surface area contributed by atoms with Crippen molar-refractivity contribution < 1.29 is 80.5 Å². The number of hydrogen-bond donors (Lipinski definition) is 7. The Bertz CT molecular complexity index is 2560. The number of allylic oxidation sites excluding steroid dienone is 1. The zero-order valence-corrected chi connectivity index (χ0v) is 37.5. The number of nitrogens with zero attached hydrogens (tertiary/aromatic N) is 6. The van der Waals surface area contributed by atoms with Gasteiger partial charge in [0, 0.05) is 30.7 Å². The van der Waals surface area contributed by atoms with Crippen LogP contribution in [0.4, 0.5) is 11.6 Å². The summed E-state index contributed by atoms with van der Waals surface area (Å²) in [5.41, 5.74) is 10.9. The summed E-state index contributed by atoms with van der Waals surface area (Å²) in [6.07, 6.45) is -8.00. The summed E-state index contributed by atoms with van der Waals surface area (Å²) in [6.45, 7) is 1.44. The Labute approximate surface area is 384 Å². The van der Waals surface area contributed by atoms with E-state index in [1.54, 1.807) is 18.2 Å². The Hall–Kier alpha value is -4.96. The zero-order chi connectivity index (χ0) is 48.0. The number of aromatic nitrogens is 6. The van der Waals surface area contributed by atoms with E-state index in [1.807, 2.05) is 0 Å². The van der Waals surface area contributed by atoms with E-state index < -0.39 is 114 Å². The minimum Gasteiger partial charge on any atom is -0.491 e. The maximum absolute atomic E-state index is 14.0. The highest BCUT2D eigenvalue weighted by Gasteiger charge is 2.54. The summed E-state index contributed by atoms with van der Waals surface area (Å²) in [4.78, 5) is 86.3. The largest absolute Gasteiger partial charge is 0.491 e. The van der Waals surface area contributed by atoms with Crippen LogP contribution in [0, 0.1) is 0 Å². The Morgan fingerprint density at radius 2 is 1.79 bits per heavy atom. The molecule has 1 amide bonds. The molecule has 0 spiro atoms. The third kappa shape index (κ3) is 12.6. The van der Waals surface area contributed by atoms with E-state index in [4.69, 9.17) is 60.5 Å². The molecule has 4 aromatic rings. The van der Waals surface area contributed by atoms with Crippen LogP contribution in [0.15, 0.2) is 66.6 Å². The monoisotopic (exact) mass is 1000 g/mol. The molecule has 11 atom stereocenters. The number of phosphoric ester groups is 2. The second kappa shape index (κ2) is 21.6. The molecule has 0 aliphatic carbocycles. The van der Waals surface area contributed by atoms with E-state index in [2.05, 4.69) is 36.4 Å². The van der Waals surface area contributed by atoms with Crippen molar-refractivity contribution in [3.05, 3.63) is 77.3 Å². The fourth-order valence-electron chi connectivity index (χ4n) is 7.22. The molecule has 0 radical (unpaired) electrons. The summed E-state index contributed by atoms with van der Waals surface area (Å²) in [5, 5.41) is 14.7. The molecule has 30 heteroatoms. The number of phosphoric acid groups is 2. The number of amides is 1. The van der Waals surface area contributed by atoms with Crippen LogP contribution in [-0.2, 0) is 56.0 Å². The van der Waals surface area contributed by atoms with Crippen molar-refractivity contribution in [3.8, 4) is 5.75 Å². The fourth-order valence-corrected chi connectivity index (χ4v) is 8.70. The lowest BCUT2D eigenvalue weighted by Crippen LogP contribution is -2.49. The number of esters is 1. The number of rotatable bonds is 21. The van der Waals surface area contributed by atoms with Gasteiger partial charge in [-0.05, 0) is 37.1 Å². The van der Waals surface area contributed by atoms with Gasteiger partial charge in [-0.15, -0.1) is 6.58 Å². The van der Waals surface area contributed by atoms with Gasteiger partial charge in [0.15, 0.2) is 42.4 Å². The van der Waals surface area contributed by atoms with Crippen LogP contribution in [0.1, 0.15) is 38.1 Å². The average Bonchev–Trinajstić information content (AvgIpc) is 4.08. The van der Waals surface area contributed by atoms with Gasteiger partial charge in [0.25, 0.3) is 0 Å². The van der Waals surface area contributed by atoms with Crippen molar-refractivity contribution >= 4 is 61.9 Å². The summed E-state index contributed by atoms with van der Waals surface area (Å²) >= 11 is 6.10. The van der Waals surface area contributed by atoms with Gasteiger partial charge in [-0.1, -0.05) is 23.7 Å². The number of nitrogens with one attached hydrogen (secondary N) is 1. The smallest absolute Gasteiger partial charge is 0.472 e. The molecule has 3 aliphatic rings. The number of benzene rings is 1. The number of ether oxygens (including phenoxy) is 6. The molecule has 3 fully saturated rings. The molecular weight excluding hydrogens is 956 g/mol. The molecule has 9 N–H and O–H groups in total. The quantitative estimate of drug-likeness (QED) is 0.0342. The normalized spacial score (nSPS) is 26.6. The lowest BCUT2D eigenvalue weighted by Gasteiger charge is -2.29. The first kappa shape index (κ1) is 49.9. The Kier molecular flexibility index (Phi) is 16.1. The number of fused-ring (bicyclic) bond motifs is 1. The van der Waals surface area contributed by atoms with E-state index in [9.17, 15) is 43.3 Å². The highest BCUT2D eigenvalue weighted by atomic mass is 35.5. The van der Waals surface area contributed by atoms with E-state index in [0.717, 1.165) is 10.9 Å². The molecule has 0 bridgehead atoms. The van der Waals surface area contributed by atoms with Gasteiger partial charge in [0.2, 0.25) is 5.91 Å². The maximum Gasteiger partial charge on any atom is 0.472 e. The standard InChI is InChI=1S/C37H46ClN9O18P2/c1-2-3-8-25(48)44-21(14-58-20-7-4-6-19(38)13-20)36(50)64-29-22(61-34(28(29)49)47-18-43-27-32(40)41-17-42-33(27)47)16-60-67(55,56)65-30-23(15-59-66(52,53)54)62-35(31(30)63-26-9-5-12-57-26)46-11-10-24(39)45-37(46)51/h2,4,6-7,10-11,13,17-18,21-23,26,28-31,34-35,49H,1,3,5,8-9,12,14-16H2,(H,44,48)(H,55,56)(H2,39,45,51)(H2,40,41,42)(H2,52,53,54)/t21-,22+,23+,26?,28+,29+,30+,31+,34+,35+/m0/s1. The fraction of sp³-hybridized carbons (Fsp3) is 0.486. The summed E-state index contributed by atoms with van der Waals surface area (Å²) in [5.74, 6) is -1.66. The molecular formula is C37H46ClN9O18P2. The van der Waals surface area contributed by atoms with Crippen LogP contribution < -0.4 is 27.2 Å². The molecule has 3 aliphatic heterocycles. The average molecular weight is 1000 g/mol. The number of anilines is 2. The van der Waals surface area contributed by atoms with Gasteiger partial charge in [-0.3, -0.25) is 27.5 Å². The molecule has 27 nitrogen and oxygen atoms in total. The molecule has 67 heavy (non-hydrogen) atoms. The van der Waals surface area contributed by atoms with Crippen LogP contribution in [0.3, 0.4) is 0 Å². The zero-order valence-electron chi connectivity index (χ0n) is 34.9. The van der Waals surface area contributed by atoms with E-state index in [1.165, 1.54) is 35.3 Å². The van der Waals surface area contributed by atoms with Crippen LogP contribution in [0.2, 0.25) is 5.02 Å². The second-order valence-corrected chi connectivity index (χ2v) is 18.1. The highest BCUT2D eigenvalue weighted by Crippen LogP contribution is 2.51. The van der Waals surface area contributed by atoms with Crippen molar-refractivity contribution in [1.82, 2.24) is 34.4 Å². The van der Waals surface area contributed by atoms with Gasteiger partial charge >= 0.3 is 27.3 Å². The third-order valence-corrected chi connectivity index (χ3v) is 12.0. The van der Waals surface area contributed by atoms with E-state index >= 15 is 0 Å². The Morgan fingerprint density at radius 3 is 2.51 bits per heavy atom. The molecule has 0 saturated carbocycles. The van der Waals surface area contributed by atoms with Gasteiger partial charge in [0.1, 0.15) is 60.5 Å².